The van der Waals surface area contributed by atoms with Gasteiger partial charge in [-0.05, 0) is 45.2 Å². The van der Waals surface area contributed by atoms with E-state index in [1.54, 1.807) is 13.8 Å². The van der Waals surface area contributed by atoms with E-state index in [0.29, 0.717) is 25.1 Å². The van der Waals surface area contributed by atoms with E-state index in [2.05, 4.69) is 15.5 Å². The third-order valence-electron chi connectivity index (χ3n) is 5.38. The van der Waals surface area contributed by atoms with Gasteiger partial charge in [0.05, 0.1) is 5.60 Å². The largest absolute Gasteiger partial charge is 0.490 e. The van der Waals surface area contributed by atoms with Crippen LogP contribution in [0.3, 0.4) is 0 Å². The minimum atomic E-state index is -1.05. The molecule has 2 heterocycles. The number of alkyl carbamates (subject to hydrolysis) is 1. The predicted octanol–water partition coefficient (Wildman–Crippen LogP) is 1.69. The average molecular weight is 472 g/mol. The molecule has 0 spiro atoms. The molecule has 10 heteroatoms. The number of likely N-dealkylation sites (tertiary alicyclic amines) is 1. The number of piperidine rings is 1. The van der Waals surface area contributed by atoms with Crippen LogP contribution in [0, 0.1) is 0 Å². The van der Waals surface area contributed by atoms with Crippen molar-refractivity contribution in [3.05, 3.63) is 23.8 Å². The Kier molecular flexibility index (Phi) is 9.57. The molecule has 0 bridgehead atoms. The first-order valence-corrected chi connectivity index (χ1v) is 10.8. The lowest BCUT2D eigenvalue weighted by Gasteiger charge is -2.33. The number of hydrogen-bond donors (Lipinski definition) is 4. The van der Waals surface area contributed by atoms with Crippen molar-refractivity contribution in [2.45, 2.75) is 57.3 Å². The monoisotopic (exact) mass is 471 g/mol. The van der Waals surface area contributed by atoms with E-state index in [1.165, 1.54) is 0 Å². The van der Waals surface area contributed by atoms with Crippen LogP contribution in [0.5, 0.6) is 5.75 Å². The Bertz CT molecular complexity index is 777. The molecule has 1 atom stereocenters. The molecule has 2 aliphatic rings. The summed E-state index contributed by atoms with van der Waals surface area (Å²) in [6.45, 7) is 5.27. The van der Waals surface area contributed by atoms with Crippen LogP contribution >= 0.6 is 12.4 Å². The van der Waals surface area contributed by atoms with Gasteiger partial charge < -0.3 is 35.2 Å². The summed E-state index contributed by atoms with van der Waals surface area (Å²) in [4.78, 5) is 25.5. The van der Waals surface area contributed by atoms with Gasteiger partial charge in [0.2, 0.25) is 5.91 Å². The number of amides is 2. The number of nitrogens with zero attached hydrogens (tertiary/aromatic N) is 1. The molecule has 0 saturated carbocycles. The average Bonchev–Trinajstić information content (AvgIpc) is 2.71. The molecule has 2 aliphatic heterocycles. The van der Waals surface area contributed by atoms with Crippen molar-refractivity contribution in [3.8, 4) is 5.75 Å². The fraction of sp³-hybridized carbons (Fsp3) is 0.636. The lowest BCUT2D eigenvalue weighted by molar-refractivity contribution is -0.116. The van der Waals surface area contributed by atoms with Crippen molar-refractivity contribution in [1.29, 1.82) is 0 Å². The van der Waals surface area contributed by atoms with Crippen LogP contribution in [0.1, 0.15) is 38.7 Å². The first-order chi connectivity index (χ1) is 14.7. The highest BCUT2D eigenvalue weighted by Crippen LogP contribution is 2.31. The number of carbonyl (C=O) groups is 2. The van der Waals surface area contributed by atoms with E-state index in [1.807, 2.05) is 18.2 Å². The Balaban J connectivity index is 0.00000363. The Labute approximate surface area is 194 Å². The minimum Gasteiger partial charge on any atom is -0.490 e. The number of carbonyl (C=O) groups excluding carboxylic acids is 2. The van der Waals surface area contributed by atoms with Crippen LogP contribution in [-0.4, -0.2) is 77.7 Å². The molecule has 9 nitrogen and oxygen atoms in total. The van der Waals surface area contributed by atoms with E-state index in [9.17, 15) is 19.8 Å². The number of aliphatic hydroxyl groups is 2. The zero-order valence-corrected chi connectivity index (χ0v) is 19.5. The molecule has 1 aromatic rings. The molecule has 32 heavy (non-hydrogen) atoms. The lowest BCUT2D eigenvalue weighted by Crippen LogP contribution is -2.47. The molecule has 0 aliphatic carbocycles. The molecule has 1 saturated heterocycles. The summed E-state index contributed by atoms with van der Waals surface area (Å²) in [5.41, 5.74) is 0.697. The number of fused-ring (bicyclic) bond motifs is 1. The number of ether oxygens (including phenoxy) is 2. The lowest BCUT2D eigenvalue weighted by atomic mass is 10.0. The van der Waals surface area contributed by atoms with E-state index < -0.39 is 17.8 Å². The third kappa shape index (κ3) is 8.12. The van der Waals surface area contributed by atoms with Crippen molar-refractivity contribution in [1.82, 2.24) is 10.2 Å². The van der Waals surface area contributed by atoms with Crippen LogP contribution in [0.25, 0.3) is 0 Å². The number of nitrogens with one attached hydrogen (secondary N) is 2. The number of β-amino-alcohol motifs (C(OH)–C–C–N with tert-alkyl or cyclic N) is 1. The summed E-state index contributed by atoms with van der Waals surface area (Å²) in [6, 6.07) is 5.56. The first-order valence-electron chi connectivity index (χ1n) is 10.8. The topological polar surface area (TPSA) is 120 Å². The highest BCUT2D eigenvalue weighted by Gasteiger charge is 2.24. The maximum Gasteiger partial charge on any atom is 0.407 e. The fourth-order valence-electron chi connectivity index (χ4n) is 3.77. The van der Waals surface area contributed by atoms with Crippen molar-refractivity contribution in [3.63, 3.8) is 0 Å². The van der Waals surface area contributed by atoms with Crippen molar-refractivity contribution in [2.75, 3.05) is 38.2 Å². The van der Waals surface area contributed by atoms with Crippen molar-refractivity contribution in [2.24, 2.45) is 0 Å². The molecule has 3 rings (SSSR count). The molecule has 1 fully saturated rings. The molecule has 0 aromatic heterocycles. The summed E-state index contributed by atoms with van der Waals surface area (Å²) in [7, 11) is 0. The van der Waals surface area contributed by atoms with Gasteiger partial charge in [0.15, 0.2) is 0 Å². The second kappa shape index (κ2) is 11.7. The maximum absolute atomic E-state index is 11.8. The van der Waals surface area contributed by atoms with E-state index >= 15 is 0 Å². The smallest absolute Gasteiger partial charge is 0.407 e. The second-order valence-electron chi connectivity index (χ2n) is 8.90. The summed E-state index contributed by atoms with van der Waals surface area (Å²) < 4.78 is 10.9. The maximum atomic E-state index is 11.8. The normalized spacial score (nSPS) is 18.1. The van der Waals surface area contributed by atoms with Crippen LogP contribution in [0.4, 0.5) is 10.5 Å². The predicted molar refractivity (Wildman–Crippen MR) is 122 cm³/mol. The van der Waals surface area contributed by atoms with Gasteiger partial charge in [-0.25, -0.2) is 4.79 Å². The molecule has 0 radical (unpaired) electrons. The number of hydrogen-bond acceptors (Lipinski definition) is 7. The molecule has 1 aromatic carbocycles. The Hall–Kier alpha value is -2.07. The Morgan fingerprint density at radius 2 is 2.03 bits per heavy atom. The zero-order chi connectivity index (χ0) is 22.4. The quantitative estimate of drug-likeness (QED) is 0.455. The summed E-state index contributed by atoms with van der Waals surface area (Å²) in [5, 5.41) is 25.7. The molecule has 180 valence electrons. The number of aliphatic hydroxyl groups excluding tert-OH is 1. The summed E-state index contributed by atoms with van der Waals surface area (Å²) >= 11 is 0. The van der Waals surface area contributed by atoms with Gasteiger partial charge in [0.1, 0.15) is 25.1 Å². The number of benzene rings is 1. The molecule has 1 unspecified atom stereocenters. The minimum absolute atomic E-state index is 0. The van der Waals surface area contributed by atoms with Gasteiger partial charge in [-0.2, -0.15) is 0 Å². The van der Waals surface area contributed by atoms with Gasteiger partial charge in [0, 0.05) is 43.3 Å². The Morgan fingerprint density at radius 1 is 1.31 bits per heavy atom. The highest BCUT2D eigenvalue weighted by atomic mass is 35.5. The molecular formula is C22H34ClN3O6. The van der Waals surface area contributed by atoms with Crippen LogP contribution in [-0.2, 0) is 16.0 Å². The SMILES string of the molecule is CC(C)(O)COC(=O)NC1CCN(CC(O)COc2cccc3c2CCC(=O)N3)CC1.Cl. The molecular weight excluding hydrogens is 438 g/mol. The number of anilines is 1. The van der Waals surface area contributed by atoms with Crippen molar-refractivity contribution < 1.29 is 29.3 Å². The highest BCUT2D eigenvalue weighted by molar-refractivity contribution is 5.94. The van der Waals surface area contributed by atoms with Gasteiger partial charge >= 0.3 is 6.09 Å². The van der Waals surface area contributed by atoms with Crippen LogP contribution in [0.2, 0.25) is 0 Å². The summed E-state index contributed by atoms with van der Waals surface area (Å²) in [5.74, 6) is 0.706. The standard InChI is InChI=1S/C22H33N3O6.ClH/c1-22(2,29)14-31-21(28)23-15-8-10-25(11-9-15)12-16(26)13-30-19-5-3-4-18-17(19)6-7-20(27)24-18;/h3-5,15-16,26,29H,6-14H2,1-2H3,(H,23,28)(H,24,27);1H. The fourth-order valence-corrected chi connectivity index (χ4v) is 3.77. The Morgan fingerprint density at radius 3 is 2.72 bits per heavy atom. The first kappa shape index (κ1) is 26.2. The van der Waals surface area contributed by atoms with E-state index in [0.717, 1.165) is 37.2 Å². The van der Waals surface area contributed by atoms with Gasteiger partial charge in [-0.1, -0.05) is 6.07 Å². The zero-order valence-electron chi connectivity index (χ0n) is 18.6. The van der Waals surface area contributed by atoms with Crippen molar-refractivity contribution >= 4 is 30.1 Å². The van der Waals surface area contributed by atoms with Gasteiger partial charge in [-0.15, -0.1) is 12.4 Å². The number of halogens is 1. The van der Waals surface area contributed by atoms with Gasteiger partial charge in [-0.3, -0.25) is 4.79 Å². The third-order valence-corrected chi connectivity index (χ3v) is 5.38. The van der Waals surface area contributed by atoms with Crippen LogP contribution < -0.4 is 15.4 Å². The van der Waals surface area contributed by atoms with E-state index in [4.69, 9.17) is 9.47 Å². The number of rotatable bonds is 8. The van der Waals surface area contributed by atoms with Gasteiger partial charge in [0.25, 0.3) is 0 Å². The molecule has 2 amide bonds. The van der Waals surface area contributed by atoms with E-state index in [-0.39, 0.29) is 37.6 Å². The summed E-state index contributed by atoms with van der Waals surface area (Å²) in [6.07, 6.45) is 1.43. The van der Waals surface area contributed by atoms with Crippen LogP contribution in [0.15, 0.2) is 18.2 Å². The molecule has 4 N–H and O–H groups in total. The second-order valence-corrected chi connectivity index (χ2v) is 8.90.